The first kappa shape index (κ1) is 17.4. The molecule has 2 aromatic carbocycles. The molecule has 0 fully saturated rings. The first-order chi connectivity index (χ1) is 10.1. The first-order valence-corrected chi connectivity index (χ1v) is 8.43. The highest BCUT2D eigenvalue weighted by Gasteiger charge is 2.18. The van der Waals surface area contributed by atoms with E-state index in [4.69, 9.17) is 23.2 Å². The zero-order valence-electron chi connectivity index (χ0n) is 14.0. The lowest BCUT2D eigenvalue weighted by atomic mass is 9.89. The lowest BCUT2D eigenvalue weighted by molar-refractivity contribution is 0.762. The van der Waals surface area contributed by atoms with Crippen molar-refractivity contribution in [1.82, 2.24) is 0 Å². The summed E-state index contributed by atoms with van der Waals surface area (Å²) in [4.78, 5) is -0.648. The Balaban J connectivity index is 2.23. The molecule has 0 heterocycles. The van der Waals surface area contributed by atoms with Crippen molar-refractivity contribution >= 4 is 23.2 Å². The van der Waals surface area contributed by atoms with E-state index in [0.717, 1.165) is 11.1 Å². The molecule has 0 spiro atoms. The minimum absolute atomic E-state index is 0.324. The molecule has 2 heteroatoms. The first-order valence-electron chi connectivity index (χ1n) is 7.68. The van der Waals surface area contributed by atoms with E-state index in [0.29, 0.717) is 5.92 Å². The van der Waals surface area contributed by atoms with Gasteiger partial charge in [-0.25, -0.2) is 0 Å². The number of hydrogen-bond acceptors (Lipinski definition) is 0. The molecule has 0 radical (unpaired) electrons. The van der Waals surface area contributed by atoms with Crippen LogP contribution in [0.2, 0.25) is 0 Å². The average Bonchev–Trinajstić information content (AvgIpc) is 2.45. The van der Waals surface area contributed by atoms with Gasteiger partial charge in [-0.15, -0.1) is 23.2 Å². The van der Waals surface area contributed by atoms with Crippen LogP contribution in [0.4, 0.5) is 0 Å². The van der Waals surface area contributed by atoms with Crippen molar-refractivity contribution in [3.8, 4) is 0 Å². The number of benzene rings is 2. The van der Waals surface area contributed by atoms with Gasteiger partial charge in [0.2, 0.25) is 0 Å². The summed E-state index contributed by atoms with van der Waals surface area (Å²) in [6.45, 7) is 10.3. The van der Waals surface area contributed by atoms with Crippen molar-refractivity contribution in [2.75, 3.05) is 0 Å². The summed E-state index contributed by atoms with van der Waals surface area (Å²) >= 11 is 12.7. The van der Waals surface area contributed by atoms with E-state index in [2.05, 4.69) is 55.5 Å². The number of alkyl halides is 2. The fraction of sp³-hybridized carbons (Fsp3) is 0.400. The second kappa shape index (κ2) is 6.26. The minimum Gasteiger partial charge on any atom is -0.115 e. The quantitative estimate of drug-likeness (QED) is 0.540. The molecule has 0 bridgehead atoms. The molecular weight excluding hydrogens is 311 g/mol. The summed E-state index contributed by atoms with van der Waals surface area (Å²) in [5.41, 5.74) is 4.87. The second-order valence-electron chi connectivity index (χ2n) is 6.91. The topological polar surface area (TPSA) is 0 Å². The third-order valence-corrected chi connectivity index (χ3v) is 4.63. The molecule has 0 aliphatic carbocycles. The summed E-state index contributed by atoms with van der Waals surface area (Å²) in [6.07, 6.45) is 0. The van der Waals surface area contributed by atoms with Gasteiger partial charge in [-0.05, 0) is 49.9 Å². The third kappa shape index (κ3) is 4.06. The van der Waals surface area contributed by atoms with E-state index in [1.807, 2.05) is 27.7 Å². The van der Waals surface area contributed by atoms with Gasteiger partial charge >= 0.3 is 0 Å². The van der Waals surface area contributed by atoms with Crippen LogP contribution in [0, 0.1) is 0 Å². The SMILES string of the molecule is CC(c1ccc(C(C)(C)Cl)cc1)c1ccc(C(C)(C)Cl)cc1. The molecule has 0 amide bonds. The molecule has 118 valence electrons. The Morgan fingerprint density at radius 1 is 0.636 bits per heavy atom. The van der Waals surface area contributed by atoms with Crippen molar-refractivity contribution in [3.63, 3.8) is 0 Å². The summed E-state index contributed by atoms with van der Waals surface area (Å²) < 4.78 is 0. The third-order valence-electron chi connectivity index (χ3n) is 4.19. The van der Waals surface area contributed by atoms with Crippen LogP contribution in [0.15, 0.2) is 48.5 Å². The summed E-state index contributed by atoms with van der Waals surface area (Å²) in [7, 11) is 0. The molecule has 2 rings (SSSR count). The van der Waals surface area contributed by atoms with E-state index in [9.17, 15) is 0 Å². The van der Waals surface area contributed by atoms with Gasteiger partial charge in [-0.3, -0.25) is 0 Å². The molecule has 0 atom stereocenters. The lowest BCUT2D eigenvalue weighted by Gasteiger charge is -2.20. The molecule has 0 aliphatic rings. The Morgan fingerprint density at radius 3 is 1.14 bits per heavy atom. The van der Waals surface area contributed by atoms with Gasteiger partial charge in [-0.2, -0.15) is 0 Å². The highest BCUT2D eigenvalue weighted by Crippen LogP contribution is 2.32. The molecule has 0 saturated carbocycles. The maximum atomic E-state index is 6.36. The minimum atomic E-state index is -0.324. The van der Waals surface area contributed by atoms with Gasteiger partial charge in [0.15, 0.2) is 0 Å². The zero-order chi connectivity index (χ0) is 16.5. The fourth-order valence-electron chi connectivity index (χ4n) is 2.53. The smallest absolute Gasteiger partial charge is 0.0638 e. The van der Waals surface area contributed by atoms with Crippen molar-refractivity contribution in [1.29, 1.82) is 0 Å². The Hall–Kier alpha value is -0.980. The Bertz CT molecular complexity index is 553. The van der Waals surface area contributed by atoms with Gasteiger partial charge in [0.25, 0.3) is 0 Å². The molecule has 0 saturated heterocycles. The highest BCUT2D eigenvalue weighted by atomic mass is 35.5. The summed E-state index contributed by atoms with van der Waals surface area (Å²) in [5, 5.41) is 0. The average molecular weight is 335 g/mol. The van der Waals surface area contributed by atoms with Crippen LogP contribution in [0.25, 0.3) is 0 Å². The Kier molecular flexibility index (Phi) is 4.94. The predicted octanol–water partition coefficient (Wildman–Crippen LogP) is 6.79. The largest absolute Gasteiger partial charge is 0.115 e. The Morgan fingerprint density at radius 2 is 0.909 bits per heavy atom. The molecular formula is C20H24Cl2. The monoisotopic (exact) mass is 334 g/mol. The van der Waals surface area contributed by atoms with Crippen molar-refractivity contribution in [2.24, 2.45) is 0 Å². The maximum Gasteiger partial charge on any atom is 0.0638 e. The van der Waals surface area contributed by atoms with Gasteiger partial charge in [-0.1, -0.05) is 55.5 Å². The van der Waals surface area contributed by atoms with E-state index in [1.165, 1.54) is 11.1 Å². The number of hydrogen-bond donors (Lipinski definition) is 0. The standard InChI is InChI=1S/C20H24Cl2/c1-14(15-6-10-17(11-7-15)19(2,3)21)16-8-12-18(13-9-16)20(4,5)22/h6-14H,1-5H3. The molecule has 22 heavy (non-hydrogen) atoms. The van der Waals surface area contributed by atoms with Crippen LogP contribution in [0.1, 0.15) is 62.8 Å². The fourth-order valence-corrected chi connectivity index (χ4v) is 2.78. The van der Waals surface area contributed by atoms with E-state index < -0.39 is 0 Å². The molecule has 0 aliphatic heterocycles. The number of halogens is 2. The van der Waals surface area contributed by atoms with Gasteiger partial charge < -0.3 is 0 Å². The zero-order valence-corrected chi connectivity index (χ0v) is 15.5. The van der Waals surface area contributed by atoms with Crippen molar-refractivity contribution < 1.29 is 0 Å². The Labute approximate surface area is 144 Å². The second-order valence-corrected chi connectivity index (χ2v) is 8.80. The predicted molar refractivity (Wildman–Crippen MR) is 98.2 cm³/mol. The van der Waals surface area contributed by atoms with E-state index in [1.54, 1.807) is 0 Å². The van der Waals surface area contributed by atoms with Crippen LogP contribution >= 0.6 is 23.2 Å². The van der Waals surface area contributed by atoms with Crippen molar-refractivity contribution in [3.05, 3.63) is 70.8 Å². The van der Waals surface area contributed by atoms with E-state index in [-0.39, 0.29) is 9.75 Å². The van der Waals surface area contributed by atoms with Gasteiger partial charge in [0.05, 0.1) is 9.75 Å². The number of rotatable bonds is 4. The molecule has 2 aromatic rings. The summed E-state index contributed by atoms with van der Waals surface area (Å²) in [5.74, 6) is 0.347. The van der Waals surface area contributed by atoms with E-state index >= 15 is 0 Å². The lowest BCUT2D eigenvalue weighted by Crippen LogP contribution is -2.08. The van der Waals surface area contributed by atoms with Crippen LogP contribution in [-0.4, -0.2) is 0 Å². The normalized spacial score (nSPS) is 12.7. The van der Waals surface area contributed by atoms with Gasteiger partial charge in [0.1, 0.15) is 0 Å². The van der Waals surface area contributed by atoms with Crippen LogP contribution < -0.4 is 0 Å². The van der Waals surface area contributed by atoms with Crippen LogP contribution in [-0.2, 0) is 9.75 Å². The molecule has 0 aromatic heterocycles. The van der Waals surface area contributed by atoms with Crippen molar-refractivity contribution in [2.45, 2.75) is 50.3 Å². The van der Waals surface area contributed by atoms with Crippen LogP contribution in [0.3, 0.4) is 0 Å². The molecule has 0 nitrogen and oxygen atoms in total. The summed E-state index contributed by atoms with van der Waals surface area (Å²) in [6, 6.07) is 17.2. The van der Waals surface area contributed by atoms with Gasteiger partial charge in [0, 0.05) is 5.92 Å². The maximum absolute atomic E-state index is 6.36. The molecule has 0 unspecified atom stereocenters. The van der Waals surface area contributed by atoms with Crippen LogP contribution in [0.5, 0.6) is 0 Å². The molecule has 0 N–H and O–H groups in total. The highest BCUT2D eigenvalue weighted by molar-refractivity contribution is 6.23.